The van der Waals surface area contributed by atoms with Crippen molar-refractivity contribution < 1.29 is 4.79 Å². The smallest absolute Gasteiger partial charge is 0.237 e. The van der Waals surface area contributed by atoms with Crippen LogP contribution in [-0.2, 0) is 11.2 Å². The molecule has 1 unspecified atom stereocenters. The first-order chi connectivity index (χ1) is 9.77. The average Bonchev–Trinajstić information content (AvgIpc) is 2.76. The Morgan fingerprint density at radius 1 is 1.15 bits per heavy atom. The molecule has 1 heterocycles. The summed E-state index contributed by atoms with van der Waals surface area (Å²) in [5.41, 5.74) is 1.27. The van der Waals surface area contributed by atoms with E-state index >= 15 is 0 Å². The molecular weight excluding hydrogens is 248 g/mol. The van der Waals surface area contributed by atoms with Crippen molar-refractivity contribution in [1.82, 2.24) is 10.2 Å². The van der Waals surface area contributed by atoms with Crippen LogP contribution in [0, 0.1) is 0 Å². The Kier molecular flexibility index (Phi) is 6.06. The van der Waals surface area contributed by atoms with Gasteiger partial charge in [-0.15, -0.1) is 0 Å². The fourth-order valence-corrected chi connectivity index (χ4v) is 2.77. The van der Waals surface area contributed by atoms with Crippen LogP contribution in [0.1, 0.15) is 38.2 Å². The van der Waals surface area contributed by atoms with Crippen molar-refractivity contribution in [3.05, 3.63) is 35.9 Å². The second-order valence-corrected chi connectivity index (χ2v) is 5.65. The van der Waals surface area contributed by atoms with Gasteiger partial charge in [0.25, 0.3) is 0 Å². The molecule has 3 nitrogen and oxygen atoms in total. The predicted molar refractivity (Wildman–Crippen MR) is 82.7 cm³/mol. The molecule has 3 heteroatoms. The maximum atomic E-state index is 12.2. The highest BCUT2D eigenvalue weighted by atomic mass is 16.2. The highest BCUT2D eigenvalue weighted by Gasteiger charge is 2.21. The Labute approximate surface area is 122 Å². The Hall–Kier alpha value is -1.35. The van der Waals surface area contributed by atoms with Gasteiger partial charge in [0.05, 0.1) is 6.04 Å². The van der Waals surface area contributed by atoms with Gasteiger partial charge in [-0.05, 0) is 44.8 Å². The van der Waals surface area contributed by atoms with E-state index < -0.39 is 0 Å². The number of benzene rings is 1. The zero-order valence-electron chi connectivity index (χ0n) is 12.5. The lowest BCUT2D eigenvalue weighted by atomic mass is 10.1. The minimum absolute atomic E-state index is 0.00359. The highest BCUT2D eigenvalue weighted by molar-refractivity contribution is 5.81. The maximum Gasteiger partial charge on any atom is 0.237 e. The third-order valence-electron chi connectivity index (χ3n) is 4.12. The normalized spacial score (nSPS) is 18.2. The summed E-state index contributed by atoms with van der Waals surface area (Å²) in [4.78, 5) is 14.5. The molecule has 0 aromatic heterocycles. The first-order valence-corrected chi connectivity index (χ1v) is 7.83. The third kappa shape index (κ3) is 4.64. The number of carbonyl (C=O) groups excluding carboxylic acids is 1. The van der Waals surface area contributed by atoms with Crippen molar-refractivity contribution in [3.63, 3.8) is 0 Å². The number of amides is 1. The molecule has 0 radical (unpaired) electrons. The standard InChI is InChI=1S/C17H26N2O/c1-15(19-13-7-2-3-8-14-19)17(20)18-12-11-16-9-5-4-6-10-16/h4-6,9-10,15H,2-3,7-8,11-14H2,1H3,(H,18,20). The molecule has 2 rings (SSSR count). The van der Waals surface area contributed by atoms with Crippen LogP contribution < -0.4 is 5.32 Å². The molecule has 1 amide bonds. The summed E-state index contributed by atoms with van der Waals surface area (Å²) in [6.45, 7) is 4.88. The quantitative estimate of drug-likeness (QED) is 0.895. The van der Waals surface area contributed by atoms with E-state index in [1.807, 2.05) is 25.1 Å². The fourth-order valence-electron chi connectivity index (χ4n) is 2.77. The van der Waals surface area contributed by atoms with Crippen LogP contribution in [0.3, 0.4) is 0 Å². The van der Waals surface area contributed by atoms with Crippen LogP contribution in [0.25, 0.3) is 0 Å². The Balaban J connectivity index is 1.73. The third-order valence-corrected chi connectivity index (χ3v) is 4.12. The number of likely N-dealkylation sites (tertiary alicyclic amines) is 1. The summed E-state index contributed by atoms with van der Waals surface area (Å²) < 4.78 is 0. The molecule has 0 saturated carbocycles. The van der Waals surface area contributed by atoms with Gasteiger partial charge in [-0.1, -0.05) is 43.2 Å². The lowest BCUT2D eigenvalue weighted by molar-refractivity contribution is -0.125. The maximum absolute atomic E-state index is 12.2. The summed E-state index contributed by atoms with van der Waals surface area (Å²) in [5.74, 6) is 0.169. The lowest BCUT2D eigenvalue weighted by Gasteiger charge is -2.26. The molecular formula is C17H26N2O. The molecule has 0 bridgehead atoms. The number of hydrogen-bond acceptors (Lipinski definition) is 2. The van der Waals surface area contributed by atoms with E-state index in [0.717, 1.165) is 26.1 Å². The van der Waals surface area contributed by atoms with E-state index in [9.17, 15) is 4.79 Å². The summed E-state index contributed by atoms with van der Waals surface area (Å²) >= 11 is 0. The molecule has 1 aromatic carbocycles. The molecule has 1 saturated heterocycles. The summed E-state index contributed by atoms with van der Waals surface area (Å²) in [5, 5.41) is 3.07. The Bertz CT molecular complexity index is 397. The fraction of sp³-hybridized carbons (Fsp3) is 0.588. The molecule has 1 fully saturated rings. The van der Waals surface area contributed by atoms with Crippen LogP contribution in [0.4, 0.5) is 0 Å². The van der Waals surface area contributed by atoms with Crippen molar-refractivity contribution in [2.24, 2.45) is 0 Å². The van der Waals surface area contributed by atoms with E-state index in [1.54, 1.807) is 0 Å². The van der Waals surface area contributed by atoms with Crippen molar-refractivity contribution in [3.8, 4) is 0 Å². The van der Waals surface area contributed by atoms with Crippen LogP contribution >= 0.6 is 0 Å². The zero-order valence-corrected chi connectivity index (χ0v) is 12.5. The second kappa shape index (κ2) is 8.05. The van der Waals surface area contributed by atoms with E-state index in [1.165, 1.54) is 31.2 Å². The number of carbonyl (C=O) groups is 1. The van der Waals surface area contributed by atoms with Crippen LogP contribution in [-0.4, -0.2) is 36.5 Å². The molecule has 0 spiro atoms. The Morgan fingerprint density at radius 3 is 2.45 bits per heavy atom. The lowest BCUT2D eigenvalue weighted by Crippen LogP contribution is -2.46. The molecule has 20 heavy (non-hydrogen) atoms. The van der Waals surface area contributed by atoms with E-state index in [-0.39, 0.29) is 11.9 Å². The molecule has 110 valence electrons. The first-order valence-electron chi connectivity index (χ1n) is 7.83. The van der Waals surface area contributed by atoms with Gasteiger partial charge in [-0.3, -0.25) is 9.69 Å². The van der Waals surface area contributed by atoms with Gasteiger partial charge in [-0.2, -0.15) is 0 Å². The van der Waals surface area contributed by atoms with Crippen molar-refractivity contribution in [2.75, 3.05) is 19.6 Å². The molecule has 1 atom stereocenters. The van der Waals surface area contributed by atoms with Gasteiger partial charge >= 0.3 is 0 Å². The number of rotatable bonds is 5. The summed E-state index contributed by atoms with van der Waals surface area (Å²) in [6, 6.07) is 10.3. The van der Waals surface area contributed by atoms with Gasteiger partial charge in [0.1, 0.15) is 0 Å². The molecule has 1 N–H and O–H groups in total. The minimum Gasteiger partial charge on any atom is -0.354 e. The second-order valence-electron chi connectivity index (χ2n) is 5.65. The summed E-state index contributed by atoms with van der Waals surface area (Å²) in [6.07, 6.45) is 5.96. The number of nitrogens with one attached hydrogen (secondary N) is 1. The van der Waals surface area contributed by atoms with Gasteiger partial charge in [0.2, 0.25) is 5.91 Å². The molecule has 0 aliphatic carbocycles. The van der Waals surface area contributed by atoms with Crippen molar-refractivity contribution in [1.29, 1.82) is 0 Å². The highest BCUT2D eigenvalue weighted by Crippen LogP contribution is 2.12. The molecule has 1 aliphatic rings. The minimum atomic E-state index is 0.00359. The largest absolute Gasteiger partial charge is 0.354 e. The van der Waals surface area contributed by atoms with Gasteiger partial charge in [0.15, 0.2) is 0 Å². The van der Waals surface area contributed by atoms with Gasteiger partial charge in [-0.25, -0.2) is 0 Å². The predicted octanol–water partition coefficient (Wildman–Crippen LogP) is 2.61. The number of nitrogens with zero attached hydrogens (tertiary/aromatic N) is 1. The van der Waals surface area contributed by atoms with E-state index in [4.69, 9.17) is 0 Å². The van der Waals surface area contributed by atoms with Gasteiger partial charge in [0, 0.05) is 6.54 Å². The van der Waals surface area contributed by atoms with Gasteiger partial charge < -0.3 is 5.32 Å². The SMILES string of the molecule is CC(C(=O)NCCc1ccccc1)N1CCCCCC1. The van der Waals surface area contributed by atoms with E-state index in [2.05, 4.69) is 22.3 Å². The van der Waals surface area contributed by atoms with Crippen molar-refractivity contribution in [2.45, 2.75) is 45.1 Å². The van der Waals surface area contributed by atoms with Crippen molar-refractivity contribution >= 4 is 5.91 Å². The van der Waals surface area contributed by atoms with Crippen LogP contribution in [0.2, 0.25) is 0 Å². The molecule has 1 aromatic rings. The first kappa shape index (κ1) is 15.0. The average molecular weight is 274 g/mol. The van der Waals surface area contributed by atoms with Crippen LogP contribution in [0.15, 0.2) is 30.3 Å². The monoisotopic (exact) mass is 274 g/mol. The Morgan fingerprint density at radius 2 is 1.80 bits per heavy atom. The van der Waals surface area contributed by atoms with E-state index in [0.29, 0.717) is 0 Å². The molecule has 1 aliphatic heterocycles. The topological polar surface area (TPSA) is 32.3 Å². The summed E-state index contributed by atoms with van der Waals surface area (Å²) in [7, 11) is 0. The number of hydrogen-bond donors (Lipinski definition) is 1. The zero-order chi connectivity index (χ0) is 14.2. The van der Waals surface area contributed by atoms with Crippen LogP contribution in [0.5, 0.6) is 0 Å².